The molecule has 1 heteroatoms. The molecule has 1 aliphatic carbocycles. The van der Waals surface area contributed by atoms with Crippen LogP contribution in [0.1, 0.15) is 93.0 Å². The fraction of sp³-hybridized carbons (Fsp3) is 0.500. The number of aryl methyl sites for hydroxylation is 2. The maximum atomic E-state index is 14.8. The highest BCUT2D eigenvalue weighted by Crippen LogP contribution is 2.46. The quantitative estimate of drug-likeness (QED) is 0.429. The first-order chi connectivity index (χ1) is 13.8. The van der Waals surface area contributed by atoms with Crippen molar-refractivity contribution in [3.8, 4) is 0 Å². The minimum absolute atomic E-state index is 0.329. The lowest BCUT2D eigenvalue weighted by Gasteiger charge is -2.34. The molecule has 2 aromatic rings. The van der Waals surface area contributed by atoms with Crippen LogP contribution in [-0.2, 0) is 5.67 Å². The van der Waals surface area contributed by atoms with Crippen molar-refractivity contribution in [3.63, 3.8) is 0 Å². The molecule has 0 amide bonds. The summed E-state index contributed by atoms with van der Waals surface area (Å²) in [6, 6.07) is 14.9. The second-order valence-corrected chi connectivity index (χ2v) is 8.86. The zero-order valence-corrected chi connectivity index (χ0v) is 19.1. The van der Waals surface area contributed by atoms with Gasteiger partial charge in [-0.1, -0.05) is 86.4 Å². The van der Waals surface area contributed by atoms with Gasteiger partial charge in [-0.25, -0.2) is 4.39 Å². The van der Waals surface area contributed by atoms with Crippen molar-refractivity contribution in [2.45, 2.75) is 84.7 Å². The third-order valence-electron chi connectivity index (χ3n) is 6.18. The van der Waals surface area contributed by atoms with E-state index in [1.807, 2.05) is 13.0 Å². The predicted octanol–water partition coefficient (Wildman–Crippen LogP) is 8.80. The van der Waals surface area contributed by atoms with Gasteiger partial charge in [-0.3, -0.25) is 0 Å². The highest BCUT2D eigenvalue weighted by atomic mass is 19.1. The first-order valence-electron chi connectivity index (χ1n) is 11.3. The number of rotatable bonds is 6. The molecular formula is C28H39F. The lowest BCUT2D eigenvalue weighted by atomic mass is 9.73. The van der Waals surface area contributed by atoms with Crippen molar-refractivity contribution >= 4 is 0 Å². The molecule has 0 saturated carbocycles. The SMILES string of the molecule is C=CC(CCC)CCC.Cc1ccc([C@@H]2CCC(C)(F)c3cc(C)ccc32)cc1. The number of fused-ring (bicyclic) bond motifs is 1. The molecule has 0 nitrogen and oxygen atoms in total. The molecular weight excluding hydrogens is 355 g/mol. The van der Waals surface area contributed by atoms with Gasteiger partial charge in [0.05, 0.1) is 0 Å². The summed E-state index contributed by atoms with van der Waals surface area (Å²) in [5, 5.41) is 0. The first kappa shape index (κ1) is 23.4. The zero-order chi connectivity index (χ0) is 21.4. The van der Waals surface area contributed by atoms with Gasteiger partial charge in [0.1, 0.15) is 5.67 Å². The van der Waals surface area contributed by atoms with Gasteiger partial charge in [0.25, 0.3) is 0 Å². The van der Waals surface area contributed by atoms with Crippen molar-refractivity contribution in [1.29, 1.82) is 0 Å². The van der Waals surface area contributed by atoms with Gasteiger partial charge < -0.3 is 0 Å². The molecule has 0 fully saturated rings. The summed E-state index contributed by atoms with van der Waals surface area (Å²) >= 11 is 0. The lowest BCUT2D eigenvalue weighted by Crippen LogP contribution is -2.25. The molecule has 0 aliphatic heterocycles. The van der Waals surface area contributed by atoms with Crippen molar-refractivity contribution < 1.29 is 4.39 Å². The second-order valence-electron chi connectivity index (χ2n) is 8.86. The number of halogens is 1. The average Bonchev–Trinajstić information content (AvgIpc) is 2.70. The summed E-state index contributed by atoms with van der Waals surface area (Å²) in [5.74, 6) is 1.11. The maximum absolute atomic E-state index is 14.8. The highest BCUT2D eigenvalue weighted by Gasteiger charge is 2.36. The van der Waals surface area contributed by atoms with E-state index in [0.29, 0.717) is 12.3 Å². The van der Waals surface area contributed by atoms with Gasteiger partial charge in [-0.05, 0) is 69.1 Å². The van der Waals surface area contributed by atoms with E-state index in [4.69, 9.17) is 0 Å². The second kappa shape index (κ2) is 10.8. The van der Waals surface area contributed by atoms with Crippen LogP contribution in [0.3, 0.4) is 0 Å². The number of benzene rings is 2. The van der Waals surface area contributed by atoms with E-state index in [-0.39, 0.29) is 0 Å². The fourth-order valence-electron chi connectivity index (χ4n) is 4.40. The normalized spacial score (nSPS) is 20.6. The summed E-state index contributed by atoms with van der Waals surface area (Å²) in [7, 11) is 0. The van der Waals surface area contributed by atoms with E-state index in [1.54, 1.807) is 6.92 Å². The first-order valence-corrected chi connectivity index (χ1v) is 11.3. The monoisotopic (exact) mass is 394 g/mol. The Morgan fingerprint density at radius 3 is 2.17 bits per heavy atom. The fourth-order valence-corrected chi connectivity index (χ4v) is 4.40. The third kappa shape index (κ3) is 6.29. The van der Waals surface area contributed by atoms with Gasteiger partial charge in [0.15, 0.2) is 0 Å². The Hall–Kier alpha value is -1.89. The molecule has 2 atom stereocenters. The van der Waals surface area contributed by atoms with Crippen molar-refractivity contribution in [1.82, 2.24) is 0 Å². The standard InChI is InChI=1S/C19H21F.C9H18/c1-13-4-7-15(8-5-13)16-10-11-19(3,20)18-12-14(2)6-9-17(16)18;1-4-7-9(6-3)8-5-2/h4-9,12,16H,10-11H2,1-3H3;6,9H,3-5,7-8H2,1-2H3/t16-,19?;/m0./s1. The van der Waals surface area contributed by atoms with E-state index in [9.17, 15) is 4.39 Å². The van der Waals surface area contributed by atoms with Crippen LogP contribution < -0.4 is 0 Å². The van der Waals surface area contributed by atoms with E-state index >= 15 is 0 Å². The van der Waals surface area contributed by atoms with Gasteiger partial charge in [0.2, 0.25) is 0 Å². The van der Waals surface area contributed by atoms with Gasteiger partial charge in [-0.15, -0.1) is 6.58 Å². The highest BCUT2D eigenvalue weighted by molar-refractivity contribution is 5.45. The summed E-state index contributed by atoms with van der Waals surface area (Å²) < 4.78 is 14.8. The van der Waals surface area contributed by atoms with Crippen LogP contribution in [0.15, 0.2) is 55.1 Å². The summed E-state index contributed by atoms with van der Waals surface area (Å²) in [6.45, 7) is 14.1. The Kier molecular flexibility index (Phi) is 8.68. The molecule has 0 spiro atoms. The lowest BCUT2D eigenvalue weighted by molar-refractivity contribution is 0.157. The van der Waals surface area contributed by atoms with E-state index in [2.05, 4.69) is 69.8 Å². The van der Waals surface area contributed by atoms with Crippen LogP contribution in [0.2, 0.25) is 0 Å². The molecule has 0 heterocycles. The number of allylic oxidation sites excluding steroid dienone is 1. The number of alkyl halides is 1. The van der Waals surface area contributed by atoms with E-state index in [1.165, 1.54) is 36.8 Å². The Morgan fingerprint density at radius 2 is 1.62 bits per heavy atom. The molecule has 29 heavy (non-hydrogen) atoms. The van der Waals surface area contributed by atoms with Crippen LogP contribution in [0, 0.1) is 19.8 Å². The topological polar surface area (TPSA) is 0 Å². The summed E-state index contributed by atoms with van der Waals surface area (Å²) in [6.07, 6.45) is 8.78. The third-order valence-corrected chi connectivity index (χ3v) is 6.18. The van der Waals surface area contributed by atoms with Crippen LogP contribution in [0.25, 0.3) is 0 Å². The zero-order valence-electron chi connectivity index (χ0n) is 19.1. The molecule has 0 aromatic heterocycles. The average molecular weight is 395 g/mol. The van der Waals surface area contributed by atoms with Gasteiger partial charge >= 0.3 is 0 Å². The molecule has 0 bridgehead atoms. The summed E-state index contributed by atoms with van der Waals surface area (Å²) in [5.41, 5.74) is 4.56. The molecule has 0 N–H and O–H groups in total. The van der Waals surface area contributed by atoms with Crippen molar-refractivity contribution in [3.05, 3.63) is 82.9 Å². The Bertz CT molecular complexity index is 763. The molecule has 0 saturated heterocycles. The molecule has 0 radical (unpaired) electrons. The Labute approximate surface area is 178 Å². The Balaban J connectivity index is 0.000000284. The largest absolute Gasteiger partial charge is 0.239 e. The number of hydrogen-bond donors (Lipinski definition) is 0. The van der Waals surface area contributed by atoms with Gasteiger partial charge in [0, 0.05) is 5.92 Å². The van der Waals surface area contributed by atoms with Crippen molar-refractivity contribution in [2.75, 3.05) is 0 Å². The molecule has 2 aromatic carbocycles. The minimum Gasteiger partial charge on any atom is -0.239 e. The molecule has 3 rings (SSSR count). The molecule has 1 unspecified atom stereocenters. The van der Waals surface area contributed by atoms with Crippen molar-refractivity contribution in [2.24, 2.45) is 5.92 Å². The smallest absolute Gasteiger partial charge is 0.133 e. The van der Waals surface area contributed by atoms with E-state index < -0.39 is 5.67 Å². The van der Waals surface area contributed by atoms with Crippen LogP contribution in [0.5, 0.6) is 0 Å². The molecule has 1 aliphatic rings. The predicted molar refractivity (Wildman–Crippen MR) is 125 cm³/mol. The maximum Gasteiger partial charge on any atom is 0.133 e. The van der Waals surface area contributed by atoms with Crippen LogP contribution >= 0.6 is 0 Å². The van der Waals surface area contributed by atoms with Crippen LogP contribution in [-0.4, -0.2) is 0 Å². The van der Waals surface area contributed by atoms with E-state index in [0.717, 1.165) is 29.0 Å². The molecule has 158 valence electrons. The summed E-state index contributed by atoms with van der Waals surface area (Å²) in [4.78, 5) is 0. The van der Waals surface area contributed by atoms with Gasteiger partial charge in [-0.2, -0.15) is 0 Å². The number of hydrogen-bond acceptors (Lipinski definition) is 0. The minimum atomic E-state index is -1.19. The Morgan fingerprint density at radius 1 is 1.03 bits per heavy atom. The van der Waals surface area contributed by atoms with Crippen LogP contribution in [0.4, 0.5) is 4.39 Å².